The summed E-state index contributed by atoms with van der Waals surface area (Å²) in [5.41, 5.74) is 2.84. The predicted octanol–water partition coefficient (Wildman–Crippen LogP) is 4.77. The highest BCUT2D eigenvalue weighted by Crippen LogP contribution is 2.41. The molecule has 118 valence electrons. The van der Waals surface area contributed by atoms with Crippen LogP contribution in [0.4, 0.5) is 0 Å². The van der Waals surface area contributed by atoms with Crippen LogP contribution in [-0.4, -0.2) is 22.8 Å². The van der Waals surface area contributed by atoms with Crippen LogP contribution < -0.4 is 0 Å². The van der Waals surface area contributed by atoms with E-state index < -0.39 is 0 Å². The number of nitrogens with zero attached hydrogens (tertiary/aromatic N) is 1. The van der Waals surface area contributed by atoms with Crippen molar-refractivity contribution in [2.75, 3.05) is 0 Å². The Hall–Kier alpha value is -1.71. The normalized spacial score (nSPS) is 23.8. The number of benzene rings is 1. The number of carbonyl (C=O) groups is 1. The number of carbonyl (C=O) groups excluding carboxylic acids is 1. The molecule has 0 aliphatic carbocycles. The van der Waals surface area contributed by atoms with E-state index in [0.717, 1.165) is 17.8 Å². The summed E-state index contributed by atoms with van der Waals surface area (Å²) < 4.78 is 0. The van der Waals surface area contributed by atoms with Crippen molar-refractivity contribution < 1.29 is 4.79 Å². The number of rotatable bonds is 4. The molecular formula is C20H21NOS. The molecule has 3 heterocycles. The maximum absolute atomic E-state index is 11.5. The molecule has 1 fully saturated rings. The lowest BCUT2D eigenvalue weighted by Crippen LogP contribution is -2.37. The molecule has 2 aliphatic heterocycles. The van der Waals surface area contributed by atoms with Crippen LogP contribution in [0.25, 0.3) is 5.57 Å². The van der Waals surface area contributed by atoms with Crippen molar-refractivity contribution in [2.24, 2.45) is 0 Å². The summed E-state index contributed by atoms with van der Waals surface area (Å²) in [5, 5.41) is 0. The number of hydrogen-bond donors (Lipinski definition) is 0. The zero-order valence-corrected chi connectivity index (χ0v) is 14.2. The highest BCUT2D eigenvalue weighted by atomic mass is 32.1. The van der Waals surface area contributed by atoms with Gasteiger partial charge in [-0.25, -0.2) is 0 Å². The first kappa shape index (κ1) is 14.9. The monoisotopic (exact) mass is 323 g/mol. The number of hydrogen-bond acceptors (Lipinski definition) is 3. The standard InChI is InChI=1S/C20H21NOS/c1-14(22)19-9-10-20(23-19)16-11-17-7-8-18(12-16)21(17)13-15-5-3-2-4-6-15/h2-6,9-11,17-18H,7-8,12-13H2,1H3. The minimum Gasteiger partial charge on any atom is -0.294 e. The van der Waals surface area contributed by atoms with Gasteiger partial charge in [0.25, 0.3) is 0 Å². The minimum atomic E-state index is 0.173. The summed E-state index contributed by atoms with van der Waals surface area (Å²) in [5.74, 6) is 0.173. The van der Waals surface area contributed by atoms with E-state index in [4.69, 9.17) is 0 Å². The Morgan fingerprint density at radius 1 is 1.17 bits per heavy atom. The second-order valence-corrected chi connectivity index (χ2v) is 7.66. The quantitative estimate of drug-likeness (QED) is 0.755. The lowest BCUT2D eigenvalue weighted by molar-refractivity contribution is 0.102. The molecule has 0 N–H and O–H groups in total. The van der Waals surface area contributed by atoms with Crippen LogP contribution in [0.5, 0.6) is 0 Å². The summed E-state index contributed by atoms with van der Waals surface area (Å²) >= 11 is 1.65. The first-order chi connectivity index (χ1) is 11.2. The highest BCUT2D eigenvalue weighted by Gasteiger charge is 2.36. The molecule has 0 radical (unpaired) electrons. The van der Waals surface area contributed by atoms with Crippen LogP contribution in [-0.2, 0) is 6.54 Å². The molecule has 2 unspecified atom stereocenters. The number of fused-ring (bicyclic) bond motifs is 2. The summed E-state index contributed by atoms with van der Waals surface area (Å²) in [6.45, 7) is 2.69. The van der Waals surface area contributed by atoms with Crippen LogP contribution in [0, 0.1) is 0 Å². The molecule has 23 heavy (non-hydrogen) atoms. The molecule has 4 rings (SSSR count). The summed E-state index contributed by atoms with van der Waals surface area (Å²) in [6.07, 6.45) is 6.10. The van der Waals surface area contributed by atoms with Gasteiger partial charge in [-0.15, -0.1) is 11.3 Å². The van der Waals surface area contributed by atoms with Gasteiger partial charge in [-0.05, 0) is 49.5 Å². The molecular weight excluding hydrogens is 302 g/mol. The topological polar surface area (TPSA) is 20.3 Å². The van der Waals surface area contributed by atoms with Gasteiger partial charge in [-0.3, -0.25) is 9.69 Å². The maximum atomic E-state index is 11.5. The second-order valence-electron chi connectivity index (χ2n) is 6.57. The fraction of sp³-hybridized carbons (Fsp3) is 0.350. The molecule has 0 saturated carbocycles. The van der Waals surface area contributed by atoms with Crippen molar-refractivity contribution in [3.05, 3.63) is 63.9 Å². The Morgan fingerprint density at radius 3 is 2.70 bits per heavy atom. The molecule has 1 aromatic carbocycles. The van der Waals surface area contributed by atoms with E-state index >= 15 is 0 Å². The molecule has 3 heteroatoms. The van der Waals surface area contributed by atoms with E-state index in [0.29, 0.717) is 12.1 Å². The van der Waals surface area contributed by atoms with Crippen molar-refractivity contribution in [1.29, 1.82) is 0 Å². The predicted molar refractivity (Wildman–Crippen MR) is 95.7 cm³/mol. The maximum Gasteiger partial charge on any atom is 0.169 e. The average Bonchev–Trinajstić information content (AvgIpc) is 3.12. The zero-order valence-electron chi connectivity index (χ0n) is 13.4. The minimum absolute atomic E-state index is 0.173. The molecule has 2 atom stereocenters. The second kappa shape index (κ2) is 6.06. The molecule has 1 aromatic heterocycles. The van der Waals surface area contributed by atoms with E-state index in [1.807, 2.05) is 6.07 Å². The van der Waals surface area contributed by atoms with E-state index in [9.17, 15) is 4.79 Å². The Balaban J connectivity index is 1.55. The van der Waals surface area contributed by atoms with Crippen LogP contribution in [0.2, 0.25) is 0 Å². The number of thiophene rings is 1. The van der Waals surface area contributed by atoms with Crippen molar-refractivity contribution in [3.8, 4) is 0 Å². The first-order valence-corrected chi connectivity index (χ1v) is 9.14. The van der Waals surface area contributed by atoms with Crippen molar-refractivity contribution in [3.63, 3.8) is 0 Å². The fourth-order valence-corrected chi connectivity index (χ4v) is 4.78. The van der Waals surface area contributed by atoms with Gasteiger partial charge in [0.1, 0.15) is 0 Å². The lowest BCUT2D eigenvalue weighted by Gasteiger charge is -2.33. The first-order valence-electron chi connectivity index (χ1n) is 8.32. The molecule has 2 aromatic rings. The molecule has 2 nitrogen and oxygen atoms in total. The molecule has 1 saturated heterocycles. The van der Waals surface area contributed by atoms with E-state index in [1.54, 1.807) is 18.3 Å². The number of Topliss-reactive ketones (excluding diaryl/α,β-unsaturated/α-hetero) is 1. The van der Waals surface area contributed by atoms with Crippen molar-refractivity contribution in [2.45, 2.75) is 44.8 Å². The van der Waals surface area contributed by atoms with E-state index in [-0.39, 0.29) is 5.78 Å². The summed E-state index contributed by atoms with van der Waals surface area (Å²) in [4.78, 5) is 16.3. The van der Waals surface area contributed by atoms with Gasteiger partial charge in [-0.1, -0.05) is 36.4 Å². The summed E-state index contributed by atoms with van der Waals surface area (Å²) in [6, 6.07) is 16.1. The van der Waals surface area contributed by atoms with Crippen molar-refractivity contribution in [1.82, 2.24) is 4.90 Å². The van der Waals surface area contributed by atoms with Gasteiger partial charge in [0.15, 0.2) is 5.78 Å². The molecule has 2 bridgehead atoms. The third kappa shape index (κ3) is 2.91. The number of ketones is 1. The van der Waals surface area contributed by atoms with Gasteiger partial charge in [-0.2, -0.15) is 0 Å². The molecule has 2 aliphatic rings. The van der Waals surface area contributed by atoms with Gasteiger partial charge in [0.05, 0.1) is 4.88 Å². The third-order valence-corrected chi connectivity index (χ3v) is 6.28. The highest BCUT2D eigenvalue weighted by molar-refractivity contribution is 7.15. The van der Waals surface area contributed by atoms with Crippen molar-refractivity contribution >= 4 is 22.7 Å². The Bertz CT molecular complexity index is 746. The molecule has 0 amide bonds. The largest absolute Gasteiger partial charge is 0.294 e. The van der Waals surface area contributed by atoms with Gasteiger partial charge < -0.3 is 0 Å². The average molecular weight is 323 g/mol. The molecule has 0 spiro atoms. The zero-order chi connectivity index (χ0) is 15.8. The van der Waals surface area contributed by atoms with E-state index in [1.165, 1.54) is 28.9 Å². The third-order valence-electron chi connectivity index (χ3n) is 5.02. The van der Waals surface area contributed by atoms with Crippen LogP contribution in [0.1, 0.15) is 46.3 Å². The Labute approximate surface area is 141 Å². The van der Waals surface area contributed by atoms with Gasteiger partial charge >= 0.3 is 0 Å². The SMILES string of the molecule is CC(=O)c1ccc(C2=CC3CCC(C2)N3Cc2ccccc2)s1. The Kier molecular flexibility index (Phi) is 3.92. The van der Waals surface area contributed by atoms with E-state index in [2.05, 4.69) is 47.4 Å². The fourth-order valence-electron chi connectivity index (χ4n) is 3.84. The van der Waals surface area contributed by atoms with Crippen LogP contribution in [0.15, 0.2) is 48.5 Å². The van der Waals surface area contributed by atoms with Gasteiger partial charge in [0, 0.05) is 23.5 Å². The lowest BCUT2D eigenvalue weighted by atomic mass is 9.99. The van der Waals surface area contributed by atoms with Gasteiger partial charge in [0.2, 0.25) is 0 Å². The van der Waals surface area contributed by atoms with Crippen LogP contribution >= 0.6 is 11.3 Å². The Morgan fingerprint density at radius 2 is 2.00 bits per heavy atom. The smallest absolute Gasteiger partial charge is 0.169 e. The van der Waals surface area contributed by atoms with Crippen LogP contribution in [0.3, 0.4) is 0 Å². The summed E-state index contributed by atoms with van der Waals surface area (Å²) in [7, 11) is 0.